The highest BCUT2D eigenvalue weighted by atomic mass is 16.5. The third-order valence-electron chi connectivity index (χ3n) is 3.57. The van der Waals surface area contributed by atoms with Crippen molar-refractivity contribution in [1.82, 2.24) is 0 Å². The highest BCUT2D eigenvalue weighted by molar-refractivity contribution is 5.73. The molecule has 0 aliphatic carbocycles. The zero-order valence-corrected chi connectivity index (χ0v) is 11.8. The smallest absolute Gasteiger partial charge is 0.309 e. The Morgan fingerprint density at radius 3 is 2.28 bits per heavy atom. The molecule has 1 aromatic rings. The standard InChI is InChI=1S/C16H24O2/c1-5-18-16(17)15(13(4)12(2)3)11-14-9-7-6-8-10-14/h6-10,12-13,15H,5,11H2,1-4H3. The number of carbonyl (C=O) groups excluding carboxylic acids is 1. The molecule has 0 radical (unpaired) electrons. The molecular weight excluding hydrogens is 224 g/mol. The van der Waals surface area contributed by atoms with Crippen molar-refractivity contribution in [2.75, 3.05) is 6.61 Å². The van der Waals surface area contributed by atoms with Gasteiger partial charge in [-0.05, 0) is 30.7 Å². The number of rotatable bonds is 6. The second-order valence-corrected chi connectivity index (χ2v) is 5.15. The van der Waals surface area contributed by atoms with E-state index in [2.05, 4.69) is 32.9 Å². The Kier molecular flexibility index (Phi) is 5.90. The summed E-state index contributed by atoms with van der Waals surface area (Å²) in [6, 6.07) is 10.2. The first-order chi connectivity index (χ1) is 8.56. The van der Waals surface area contributed by atoms with E-state index in [9.17, 15) is 4.79 Å². The van der Waals surface area contributed by atoms with Gasteiger partial charge in [-0.15, -0.1) is 0 Å². The number of carbonyl (C=O) groups is 1. The summed E-state index contributed by atoms with van der Waals surface area (Å²) in [6.45, 7) is 8.76. The molecule has 0 spiro atoms. The lowest BCUT2D eigenvalue weighted by Crippen LogP contribution is -2.29. The lowest BCUT2D eigenvalue weighted by Gasteiger charge is -2.25. The molecule has 0 fully saturated rings. The maximum absolute atomic E-state index is 12.1. The molecule has 0 amide bonds. The normalized spacial score (nSPS) is 14.3. The van der Waals surface area contributed by atoms with Crippen LogP contribution in [0.15, 0.2) is 30.3 Å². The minimum absolute atomic E-state index is 0.0488. The Hall–Kier alpha value is -1.31. The van der Waals surface area contributed by atoms with Gasteiger partial charge >= 0.3 is 5.97 Å². The van der Waals surface area contributed by atoms with E-state index in [0.717, 1.165) is 6.42 Å². The number of hydrogen-bond acceptors (Lipinski definition) is 2. The van der Waals surface area contributed by atoms with Crippen LogP contribution in [0.2, 0.25) is 0 Å². The average Bonchev–Trinajstić information content (AvgIpc) is 2.36. The van der Waals surface area contributed by atoms with Crippen molar-refractivity contribution in [3.63, 3.8) is 0 Å². The summed E-state index contributed by atoms with van der Waals surface area (Å²) >= 11 is 0. The predicted octanol–water partition coefficient (Wildman–Crippen LogP) is 3.70. The summed E-state index contributed by atoms with van der Waals surface area (Å²) in [7, 11) is 0. The van der Waals surface area contributed by atoms with E-state index in [1.807, 2.05) is 25.1 Å². The van der Waals surface area contributed by atoms with E-state index in [4.69, 9.17) is 4.74 Å². The monoisotopic (exact) mass is 248 g/mol. The van der Waals surface area contributed by atoms with Crippen molar-refractivity contribution in [2.45, 2.75) is 34.1 Å². The van der Waals surface area contributed by atoms with Crippen molar-refractivity contribution < 1.29 is 9.53 Å². The zero-order chi connectivity index (χ0) is 13.5. The van der Waals surface area contributed by atoms with Gasteiger partial charge in [0.2, 0.25) is 0 Å². The molecule has 0 aromatic heterocycles. The van der Waals surface area contributed by atoms with Crippen LogP contribution in [0.1, 0.15) is 33.3 Å². The molecular formula is C16H24O2. The van der Waals surface area contributed by atoms with Crippen molar-refractivity contribution in [3.8, 4) is 0 Å². The SMILES string of the molecule is CCOC(=O)C(Cc1ccccc1)C(C)C(C)C. The molecule has 2 atom stereocenters. The topological polar surface area (TPSA) is 26.3 Å². The van der Waals surface area contributed by atoms with Gasteiger partial charge in [0.1, 0.15) is 0 Å². The fraction of sp³-hybridized carbons (Fsp3) is 0.562. The molecule has 0 heterocycles. The second kappa shape index (κ2) is 7.20. The molecule has 0 bridgehead atoms. The Morgan fingerprint density at radius 1 is 1.17 bits per heavy atom. The molecule has 0 aliphatic rings. The predicted molar refractivity (Wildman–Crippen MR) is 74.3 cm³/mol. The molecule has 100 valence electrons. The van der Waals surface area contributed by atoms with E-state index < -0.39 is 0 Å². The molecule has 0 aliphatic heterocycles. The Morgan fingerprint density at radius 2 is 1.78 bits per heavy atom. The number of benzene rings is 1. The van der Waals surface area contributed by atoms with Gasteiger partial charge in [0.25, 0.3) is 0 Å². The van der Waals surface area contributed by atoms with Crippen molar-refractivity contribution in [2.24, 2.45) is 17.8 Å². The first-order valence-electron chi connectivity index (χ1n) is 6.76. The van der Waals surface area contributed by atoms with Crippen molar-refractivity contribution in [1.29, 1.82) is 0 Å². The largest absolute Gasteiger partial charge is 0.466 e. The molecule has 2 unspecified atom stereocenters. The fourth-order valence-corrected chi connectivity index (χ4v) is 2.07. The molecule has 1 rings (SSSR count). The first kappa shape index (κ1) is 14.7. The zero-order valence-electron chi connectivity index (χ0n) is 11.8. The van der Waals surface area contributed by atoms with Crippen LogP contribution in [0.3, 0.4) is 0 Å². The van der Waals surface area contributed by atoms with Gasteiger partial charge in [0.15, 0.2) is 0 Å². The van der Waals surface area contributed by atoms with Crippen LogP contribution in [-0.2, 0) is 16.0 Å². The van der Waals surface area contributed by atoms with Crippen LogP contribution >= 0.6 is 0 Å². The number of hydrogen-bond donors (Lipinski definition) is 0. The molecule has 1 aromatic carbocycles. The summed E-state index contributed by atoms with van der Waals surface area (Å²) in [6.07, 6.45) is 0.763. The Bertz CT molecular complexity index is 357. The minimum atomic E-state index is -0.0671. The number of esters is 1. The van der Waals surface area contributed by atoms with E-state index in [1.54, 1.807) is 0 Å². The molecule has 18 heavy (non-hydrogen) atoms. The Labute approximate surface area is 110 Å². The van der Waals surface area contributed by atoms with Gasteiger partial charge in [0, 0.05) is 0 Å². The van der Waals surface area contributed by atoms with Gasteiger partial charge in [-0.2, -0.15) is 0 Å². The van der Waals surface area contributed by atoms with Crippen LogP contribution in [0.4, 0.5) is 0 Å². The highest BCUT2D eigenvalue weighted by Crippen LogP contribution is 2.25. The van der Waals surface area contributed by atoms with Crippen LogP contribution in [0.25, 0.3) is 0 Å². The lowest BCUT2D eigenvalue weighted by molar-refractivity contribution is -0.150. The minimum Gasteiger partial charge on any atom is -0.466 e. The summed E-state index contributed by atoms with van der Waals surface area (Å²) < 4.78 is 5.21. The average molecular weight is 248 g/mol. The van der Waals surface area contributed by atoms with Gasteiger partial charge < -0.3 is 4.74 Å². The molecule has 0 saturated heterocycles. The highest BCUT2D eigenvalue weighted by Gasteiger charge is 2.28. The number of ether oxygens (including phenoxy) is 1. The maximum Gasteiger partial charge on any atom is 0.309 e. The van der Waals surface area contributed by atoms with Gasteiger partial charge in [-0.3, -0.25) is 4.79 Å². The summed E-state index contributed by atoms with van der Waals surface area (Å²) in [5.74, 6) is 0.683. The van der Waals surface area contributed by atoms with E-state index in [-0.39, 0.29) is 11.9 Å². The summed E-state index contributed by atoms with van der Waals surface area (Å²) in [5.41, 5.74) is 1.20. The van der Waals surface area contributed by atoms with Crippen molar-refractivity contribution in [3.05, 3.63) is 35.9 Å². The Balaban J connectivity index is 2.81. The molecule has 0 N–H and O–H groups in total. The van der Waals surface area contributed by atoms with E-state index in [1.165, 1.54) is 5.56 Å². The second-order valence-electron chi connectivity index (χ2n) is 5.15. The van der Waals surface area contributed by atoms with Crippen LogP contribution in [-0.4, -0.2) is 12.6 Å². The summed E-state index contributed by atoms with van der Waals surface area (Å²) in [4.78, 5) is 12.1. The van der Waals surface area contributed by atoms with Gasteiger partial charge in [0.05, 0.1) is 12.5 Å². The van der Waals surface area contributed by atoms with E-state index >= 15 is 0 Å². The third-order valence-corrected chi connectivity index (χ3v) is 3.57. The maximum atomic E-state index is 12.1. The van der Waals surface area contributed by atoms with Gasteiger partial charge in [-0.25, -0.2) is 0 Å². The van der Waals surface area contributed by atoms with Crippen LogP contribution in [0, 0.1) is 17.8 Å². The third kappa shape index (κ3) is 4.17. The van der Waals surface area contributed by atoms with E-state index in [0.29, 0.717) is 18.4 Å². The molecule has 2 heteroatoms. The summed E-state index contributed by atoms with van der Waals surface area (Å²) in [5, 5.41) is 0. The van der Waals surface area contributed by atoms with Gasteiger partial charge in [-0.1, -0.05) is 51.1 Å². The van der Waals surface area contributed by atoms with Crippen LogP contribution < -0.4 is 0 Å². The first-order valence-corrected chi connectivity index (χ1v) is 6.76. The lowest BCUT2D eigenvalue weighted by atomic mass is 9.81. The quantitative estimate of drug-likeness (QED) is 0.717. The van der Waals surface area contributed by atoms with Crippen molar-refractivity contribution >= 4 is 5.97 Å². The molecule has 0 saturated carbocycles. The fourth-order valence-electron chi connectivity index (χ4n) is 2.07. The molecule has 2 nitrogen and oxygen atoms in total. The van der Waals surface area contributed by atoms with Crippen LogP contribution in [0.5, 0.6) is 0 Å².